The van der Waals surface area contributed by atoms with Crippen molar-refractivity contribution in [3.8, 4) is 5.75 Å². The summed E-state index contributed by atoms with van der Waals surface area (Å²) in [5.74, 6) is -0.747. The number of amides is 1. The van der Waals surface area contributed by atoms with Gasteiger partial charge in [0.05, 0.1) is 17.9 Å². The standard InChI is InChI=1S/C26H24ClN3O4/c1-16-12-19-13-18(6-7-21(19)34-16)24(31)22-23(17-4-2-5-20(27)14-17)30(26(33)25(22)32)10-3-9-29-11-8-28-15-29/h2,4-8,11,13-16,23,31H,3,9-10,12H2,1H3/t16-,23-/m0/s1. The van der Waals surface area contributed by atoms with Crippen LogP contribution in [-0.2, 0) is 22.6 Å². The second kappa shape index (κ2) is 8.99. The first-order valence-corrected chi connectivity index (χ1v) is 11.6. The number of carbonyl (C=O) groups is 2. The van der Waals surface area contributed by atoms with E-state index in [4.69, 9.17) is 16.3 Å². The average Bonchev–Trinajstić information content (AvgIpc) is 3.52. The lowest BCUT2D eigenvalue weighted by molar-refractivity contribution is -0.139. The number of aromatic nitrogens is 2. The van der Waals surface area contributed by atoms with Gasteiger partial charge < -0.3 is 19.3 Å². The third kappa shape index (κ3) is 4.07. The number of rotatable bonds is 6. The molecule has 0 bridgehead atoms. The van der Waals surface area contributed by atoms with Crippen LogP contribution in [0.25, 0.3) is 5.76 Å². The second-order valence-corrected chi connectivity index (χ2v) is 9.09. The summed E-state index contributed by atoms with van der Waals surface area (Å²) in [5, 5.41) is 11.8. The fraction of sp³-hybridized carbons (Fsp3) is 0.269. The Morgan fingerprint density at radius 3 is 2.82 bits per heavy atom. The summed E-state index contributed by atoms with van der Waals surface area (Å²) in [6.07, 6.45) is 6.65. The van der Waals surface area contributed by atoms with Crippen molar-refractivity contribution in [3.05, 3.63) is 88.5 Å². The number of fused-ring (bicyclic) bond motifs is 1. The topological polar surface area (TPSA) is 84.7 Å². The van der Waals surface area contributed by atoms with Gasteiger partial charge in [0.25, 0.3) is 11.7 Å². The van der Waals surface area contributed by atoms with Crippen molar-refractivity contribution in [1.82, 2.24) is 14.5 Å². The van der Waals surface area contributed by atoms with E-state index in [1.807, 2.05) is 29.8 Å². The first kappa shape index (κ1) is 22.2. The van der Waals surface area contributed by atoms with Crippen LogP contribution in [0.3, 0.4) is 0 Å². The van der Waals surface area contributed by atoms with E-state index in [0.29, 0.717) is 35.7 Å². The molecular weight excluding hydrogens is 454 g/mol. The lowest BCUT2D eigenvalue weighted by Gasteiger charge is -2.25. The minimum atomic E-state index is -0.732. The molecule has 5 rings (SSSR count). The van der Waals surface area contributed by atoms with Crippen LogP contribution < -0.4 is 4.74 Å². The van der Waals surface area contributed by atoms with Crippen LogP contribution in [-0.4, -0.2) is 43.9 Å². The van der Waals surface area contributed by atoms with E-state index in [1.165, 1.54) is 4.90 Å². The van der Waals surface area contributed by atoms with Gasteiger partial charge in [-0.2, -0.15) is 0 Å². The first-order chi connectivity index (χ1) is 16.4. The van der Waals surface area contributed by atoms with Gasteiger partial charge in [-0.3, -0.25) is 9.59 Å². The number of aryl methyl sites for hydroxylation is 1. The monoisotopic (exact) mass is 477 g/mol. The third-order valence-corrected chi connectivity index (χ3v) is 6.48. The maximum Gasteiger partial charge on any atom is 0.295 e. The van der Waals surface area contributed by atoms with Gasteiger partial charge in [0.2, 0.25) is 0 Å². The molecule has 34 heavy (non-hydrogen) atoms. The maximum atomic E-state index is 13.2. The minimum Gasteiger partial charge on any atom is -0.507 e. The molecule has 1 saturated heterocycles. The van der Waals surface area contributed by atoms with E-state index in [0.717, 1.165) is 17.7 Å². The van der Waals surface area contributed by atoms with Gasteiger partial charge in [-0.25, -0.2) is 4.98 Å². The Morgan fingerprint density at radius 1 is 1.21 bits per heavy atom. The van der Waals surface area contributed by atoms with E-state index >= 15 is 0 Å². The number of halogens is 1. The highest BCUT2D eigenvalue weighted by Crippen LogP contribution is 2.41. The molecule has 2 atom stereocenters. The number of ether oxygens (including phenoxy) is 1. The molecule has 8 heteroatoms. The van der Waals surface area contributed by atoms with E-state index in [2.05, 4.69) is 4.98 Å². The molecule has 0 saturated carbocycles. The van der Waals surface area contributed by atoms with Crippen molar-refractivity contribution >= 4 is 29.1 Å². The molecule has 1 amide bonds. The number of nitrogens with zero attached hydrogens (tertiary/aromatic N) is 3. The highest BCUT2D eigenvalue weighted by molar-refractivity contribution is 6.46. The molecule has 2 aliphatic rings. The summed E-state index contributed by atoms with van der Waals surface area (Å²) >= 11 is 6.25. The van der Waals surface area contributed by atoms with Crippen molar-refractivity contribution in [2.75, 3.05) is 6.54 Å². The third-order valence-electron chi connectivity index (χ3n) is 6.25. The van der Waals surface area contributed by atoms with Crippen molar-refractivity contribution in [2.24, 2.45) is 0 Å². The molecule has 0 spiro atoms. The number of benzene rings is 2. The number of hydrogen-bond acceptors (Lipinski definition) is 5. The highest BCUT2D eigenvalue weighted by Gasteiger charge is 2.46. The Bertz CT molecular complexity index is 1280. The summed E-state index contributed by atoms with van der Waals surface area (Å²) in [6.45, 7) is 2.97. The van der Waals surface area contributed by atoms with Crippen molar-refractivity contribution in [2.45, 2.75) is 38.5 Å². The molecular formula is C26H24ClN3O4. The highest BCUT2D eigenvalue weighted by atomic mass is 35.5. The van der Waals surface area contributed by atoms with Gasteiger partial charge in [0, 0.05) is 42.5 Å². The lowest BCUT2D eigenvalue weighted by Crippen LogP contribution is -2.31. The Kier molecular flexibility index (Phi) is 5.87. The van der Waals surface area contributed by atoms with Crippen LogP contribution in [0.2, 0.25) is 5.02 Å². The molecule has 1 N–H and O–H groups in total. The number of carbonyl (C=O) groups excluding carboxylic acids is 2. The molecule has 1 aromatic heterocycles. The molecule has 3 heterocycles. The molecule has 174 valence electrons. The summed E-state index contributed by atoms with van der Waals surface area (Å²) in [4.78, 5) is 31.9. The lowest BCUT2D eigenvalue weighted by atomic mass is 9.94. The quantitative estimate of drug-likeness (QED) is 0.324. The molecule has 0 aliphatic carbocycles. The summed E-state index contributed by atoms with van der Waals surface area (Å²) in [6, 6.07) is 11.7. The SMILES string of the molecule is C[C@H]1Cc2cc(C(O)=C3C(=O)C(=O)N(CCCn4ccnc4)[C@H]3c3cccc(Cl)c3)ccc2O1. The van der Waals surface area contributed by atoms with Crippen LogP contribution >= 0.6 is 11.6 Å². The van der Waals surface area contributed by atoms with E-state index in [9.17, 15) is 14.7 Å². The predicted molar refractivity (Wildman–Crippen MR) is 128 cm³/mol. The molecule has 3 aromatic rings. The van der Waals surface area contributed by atoms with Crippen LogP contribution in [0.15, 0.2) is 66.8 Å². The number of Topliss-reactive ketones (excluding diaryl/α,β-unsaturated/α-hetero) is 1. The van der Waals surface area contributed by atoms with Crippen LogP contribution in [0.4, 0.5) is 0 Å². The Hall–Kier alpha value is -3.58. The Balaban J connectivity index is 1.53. The number of aliphatic hydroxyl groups excluding tert-OH is 1. The van der Waals surface area contributed by atoms with E-state index in [-0.39, 0.29) is 17.4 Å². The van der Waals surface area contributed by atoms with Gasteiger partial charge in [0.1, 0.15) is 17.6 Å². The van der Waals surface area contributed by atoms with E-state index < -0.39 is 17.7 Å². The molecule has 2 aliphatic heterocycles. The maximum absolute atomic E-state index is 13.2. The summed E-state index contributed by atoms with van der Waals surface area (Å²) in [5.41, 5.74) is 2.20. The van der Waals surface area contributed by atoms with Crippen LogP contribution in [0.5, 0.6) is 5.75 Å². The number of ketones is 1. The average molecular weight is 478 g/mol. The zero-order valence-electron chi connectivity index (χ0n) is 18.6. The molecule has 0 unspecified atom stereocenters. The van der Waals surface area contributed by atoms with Gasteiger partial charge >= 0.3 is 0 Å². The van der Waals surface area contributed by atoms with Crippen molar-refractivity contribution < 1.29 is 19.4 Å². The zero-order chi connectivity index (χ0) is 23.8. The first-order valence-electron chi connectivity index (χ1n) is 11.2. The molecule has 7 nitrogen and oxygen atoms in total. The number of hydrogen-bond donors (Lipinski definition) is 1. The van der Waals surface area contributed by atoms with Gasteiger partial charge in [-0.05, 0) is 54.8 Å². The predicted octanol–water partition coefficient (Wildman–Crippen LogP) is 4.37. The number of aliphatic hydroxyl groups is 1. The minimum absolute atomic E-state index is 0.0555. The van der Waals surface area contributed by atoms with Gasteiger partial charge in [0.15, 0.2) is 0 Å². The van der Waals surface area contributed by atoms with Crippen molar-refractivity contribution in [3.63, 3.8) is 0 Å². The normalized spacial score (nSPS) is 21.1. The van der Waals surface area contributed by atoms with Gasteiger partial charge in [-0.15, -0.1) is 0 Å². The van der Waals surface area contributed by atoms with E-state index in [1.54, 1.807) is 42.9 Å². The largest absolute Gasteiger partial charge is 0.507 e. The Morgan fingerprint density at radius 2 is 2.06 bits per heavy atom. The summed E-state index contributed by atoms with van der Waals surface area (Å²) < 4.78 is 7.67. The molecule has 0 radical (unpaired) electrons. The zero-order valence-corrected chi connectivity index (χ0v) is 19.4. The summed E-state index contributed by atoms with van der Waals surface area (Å²) in [7, 11) is 0. The van der Waals surface area contributed by atoms with Crippen LogP contribution in [0.1, 0.15) is 36.1 Å². The molecule has 1 fully saturated rings. The number of likely N-dealkylation sites (tertiary alicyclic amines) is 1. The fourth-order valence-electron chi connectivity index (χ4n) is 4.70. The fourth-order valence-corrected chi connectivity index (χ4v) is 4.90. The second-order valence-electron chi connectivity index (χ2n) is 8.66. The smallest absolute Gasteiger partial charge is 0.295 e. The van der Waals surface area contributed by atoms with Crippen molar-refractivity contribution in [1.29, 1.82) is 0 Å². The number of imidazole rings is 1. The van der Waals surface area contributed by atoms with Crippen LogP contribution in [0, 0.1) is 0 Å². The Labute approximate surface area is 202 Å². The van der Waals surface area contributed by atoms with Gasteiger partial charge in [-0.1, -0.05) is 23.7 Å². The molecule has 2 aromatic carbocycles.